The average molecular weight is 726 g/mol. The summed E-state index contributed by atoms with van der Waals surface area (Å²) in [4.78, 5) is 3.92. The van der Waals surface area contributed by atoms with Gasteiger partial charge in [-0.05, 0) is 126 Å². The minimum absolute atomic E-state index is 0.0759. The van der Waals surface area contributed by atoms with Crippen LogP contribution in [0.2, 0.25) is 0 Å². The average Bonchev–Trinajstić information content (AvgIpc) is 3.85. The third-order valence-electron chi connectivity index (χ3n) is 13.2. The van der Waals surface area contributed by atoms with Crippen molar-refractivity contribution in [2.24, 2.45) is 0 Å². The molecule has 0 saturated carbocycles. The van der Waals surface area contributed by atoms with Gasteiger partial charge in [0.2, 0.25) is 0 Å². The second kappa shape index (κ2) is 11.2. The highest BCUT2D eigenvalue weighted by Gasteiger charge is 2.40. The number of fused-ring (bicyclic) bond motifs is 11. The molecule has 0 radical (unpaired) electrons. The number of rotatable bonds is 4. The van der Waals surface area contributed by atoms with Gasteiger partial charge < -0.3 is 4.90 Å². The molecule has 2 heteroatoms. The maximum atomic E-state index is 2.49. The lowest BCUT2D eigenvalue weighted by Gasteiger charge is -2.30. The van der Waals surface area contributed by atoms with Gasteiger partial charge in [0.1, 0.15) is 0 Å². The molecule has 7 aromatic carbocycles. The third kappa shape index (κ3) is 4.46. The van der Waals surface area contributed by atoms with Crippen LogP contribution in [0, 0.1) is 0 Å². The van der Waals surface area contributed by atoms with Crippen molar-refractivity contribution in [3.8, 4) is 43.8 Å². The van der Waals surface area contributed by atoms with Gasteiger partial charge in [0.05, 0.1) is 0 Å². The molecular weight excluding hydrogens is 683 g/mol. The van der Waals surface area contributed by atoms with Crippen molar-refractivity contribution in [2.45, 2.75) is 57.8 Å². The number of nitrogens with zero attached hydrogens (tertiary/aromatic N) is 1. The van der Waals surface area contributed by atoms with Crippen LogP contribution in [0.5, 0.6) is 0 Å². The van der Waals surface area contributed by atoms with Crippen LogP contribution in [0.25, 0.3) is 53.9 Å². The first-order valence-corrected chi connectivity index (χ1v) is 20.4. The highest BCUT2D eigenvalue weighted by molar-refractivity contribution is 7.22. The molecule has 0 fully saturated rings. The normalized spacial score (nSPS) is 15.9. The van der Waals surface area contributed by atoms with E-state index in [1.165, 1.54) is 98.7 Å². The van der Waals surface area contributed by atoms with Crippen molar-refractivity contribution < 1.29 is 0 Å². The van der Waals surface area contributed by atoms with Crippen LogP contribution in [0.1, 0.15) is 74.9 Å². The molecule has 0 bridgehead atoms. The van der Waals surface area contributed by atoms with Crippen LogP contribution in [0.15, 0.2) is 152 Å². The highest BCUT2D eigenvalue weighted by Crippen LogP contribution is 2.57. The number of hydrogen-bond acceptors (Lipinski definition) is 2. The van der Waals surface area contributed by atoms with Gasteiger partial charge in [0.25, 0.3) is 0 Å². The van der Waals surface area contributed by atoms with Gasteiger partial charge in [-0.1, -0.05) is 145 Å². The van der Waals surface area contributed by atoms with Crippen molar-refractivity contribution in [3.05, 3.63) is 185 Å². The molecule has 0 aliphatic heterocycles. The lowest BCUT2D eigenvalue weighted by atomic mass is 9.80. The quantitative estimate of drug-likeness (QED) is 0.175. The van der Waals surface area contributed by atoms with Crippen molar-refractivity contribution in [2.75, 3.05) is 4.90 Å². The van der Waals surface area contributed by atoms with E-state index in [-0.39, 0.29) is 16.2 Å². The monoisotopic (exact) mass is 725 g/mol. The molecule has 0 atom stereocenters. The highest BCUT2D eigenvalue weighted by atomic mass is 32.1. The summed E-state index contributed by atoms with van der Waals surface area (Å²) >= 11 is 1.94. The second-order valence-corrected chi connectivity index (χ2v) is 18.4. The molecule has 0 amide bonds. The van der Waals surface area contributed by atoms with Crippen molar-refractivity contribution in [3.63, 3.8) is 0 Å². The second-order valence-electron chi connectivity index (χ2n) is 17.4. The molecular formula is C53H43NS. The maximum Gasteiger partial charge on any atom is 0.0467 e. The Bertz CT molecular complexity index is 2810. The molecule has 0 saturated heterocycles. The Hall–Kier alpha value is -5.70. The standard InChI is InChI=1S/C53H43NS/c1-51(2)43-19-10-7-16-37(43)39-26-23-35(30-46(39)51)54(36-24-27-40-38-17-8-11-20-44(38)52(3,4)47(40)31-36)34-15-13-14-32(28-34)33-22-25-41-45(29-33)53(5,6)49-42-18-9-12-21-48(42)55-50(41)49/h7-31H,1-6H3. The van der Waals surface area contributed by atoms with Crippen LogP contribution in [-0.2, 0) is 16.2 Å². The minimum atomic E-state index is -0.0959. The number of hydrogen-bond donors (Lipinski definition) is 0. The fourth-order valence-electron chi connectivity index (χ4n) is 10.4. The van der Waals surface area contributed by atoms with Crippen LogP contribution in [0.3, 0.4) is 0 Å². The third-order valence-corrected chi connectivity index (χ3v) is 14.5. The van der Waals surface area contributed by atoms with E-state index in [1.54, 1.807) is 0 Å². The number of benzene rings is 7. The summed E-state index contributed by atoms with van der Waals surface area (Å²) in [6.45, 7) is 14.3. The van der Waals surface area contributed by atoms with Gasteiger partial charge in [-0.3, -0.25) is 0 Å². The van der Waals surface area contributed by atoms with Crippen molar-refractivity contribution in [1.82, 2.24) is 0 Å². The molecule has 0 N–H and O–H groups in total. The van der Waals surface area contributed by atoms with Gasteiger partial charge in [0.15, 0.2) is 0 Å². The SMILES string of the molecule is CC1(C)c2ccccc2-c2ccc(N(c3cccc(-c4ccc5c(c4)C(C)(C)c4c-5sc5ccccc45)c3)c3ccc4c(c3)C(C)(C)c3ccccc3-4)cc21. The van der Waals surface area contributed by atoms with Gasteiger partial charge in [-0.25, -0.2) is 0 Å². The van der Waals surface area contributed by atoms with Crippen LogP contribution < -0.4 is 4.90 Å². The van der Waals surface area contributed by atoms with Crippen LogP contribution >= 0.6 is 11.3 Å². The first-order chi connectivity index (χ1) is 26.5. The Morgan fingerprint density at radius 1 is 0.382 bits per heavy atom. The van der Waals surface area contributed by atoms with Gasteiger partial charge in [-0.15, -0.1) is 11.3 Å². The summed E-state index contributed by atoms with van der Waals surface area (Å²) in [7, 11) is 0. The molecule has 1 nitrogen and oxygen atoms in total. The predicted octanol–water partition coefficient (Wildman–Crippen LogP) is 15.0. The first kappa shape index (κ1) is 32.7. The predicted molar refractivity (Wildman–Crippen MR) is 235 cm³/mol. The molecule has 1 aromatic heterocycles. The Kier molecular flexibility index (Phi) is 6.65. The maximum absolute atomic E-state index is 2.49. The molecule has 3 aliphatic carbocycles. The van der Waals surface area contributed by atoms with Crippen LogP contribution in [0.4, 0.5) is 17.1 Å². The van der Waals surface area contributed by atoms with E-state index in [0.29, 0.717) is 0 Å². The molecule has 11 rings (SSSR count). The Labute approximate surface area is 328 Å². The summed E-state index contributed by atoms with van der Waals surface area (Å²) in [5.74, 6) is 0. The minimum Gasteiger partial charge on any atom is -0.310 e. The van der Waals surface area contributed by atoms with Gasteiger partial charge in [-0.2, -0.15) is 0 Å². The summed E-state index contributed by atoms with van der Waals surface area (Å²) in [5, 5.41) is 1.39. The first-order valence-electron chi connectivity index (χ1n) is 19.6. The van der Waals surface area contributed by atoms with E-state index in [0.717, 1.165) is 5.69 Å². The summed E-state index contributed by atoms with van der Waals surface area (Å²) < 4.78 is 1.38. The Morgan fingerprint density at radius 2 is 0.891 bits per heavy atom. The van der Waals surface area contributed by atoms with Crippen molar-refractivity contribution in [1.29, 1.82) is 0 Å². The molecule has 1 heterocycles. The summed E-state index contributed by atoms with van der Waals surface area (Å²) in [6.07, 6.45) is 0. The van der Waals surface area contributed by atoms with E-state index < -0.39 is 0 Å². The molecule has 8 aromatic rings. The molecule has 0 unspecified atom stereocenters. The summed E-state index contributed by atoms with van der Waals surface area (Å²) in [6, 6.07) is 57.4. The zero-order chi connectivity index (χ0) is 37.4. The number of anilines is 3. The summed E-state index contributed by atoms with van der Waals surface area (Å²) in [5.41, 5.74) is 20.9. The van der Waals surface area contributed by atoms with E-state index in [1.807, 2.05) is 11.3 Å². The smallest absolute Gasteiger partial charge is 0.0467 e. The zero-order valence-corrected chi connectivity index (χ0v) is 33.1. The lowest BCUT2D eigenvalue weighted by Crippen LogP contribution is -2.18. The fourth-order valence-corrected chi connectivity index (χ4v) is 11.8. The van der Waals surface area contributed by atoms with E-state index in [4.69, 9.17) is 0 Å². The molecule has 55 heavy (non-hydrogen) atoms. The van der Waals surface area contributed by atoms with Crippen LogP contribution in [-0.4, -0.2) is 0 Å². The van der Waals surface area contributed by atoms with E-state index in [9.17, 15) is 0 Å². The zero-order valence-electron chi connectivity index (χ0n) is 32.3. The Balaban J connectivity index is 1.07. The lowest BCUT2D eigenvalue weighted by molar-refractivity contribution is 0.660. The fraction of sp³-hybridized carbons (Fsp3) is 0.170. The number of thiophene rings is 1. The van der Waals surface area contributed by atoms with Gasteiger partial charge in [0, 0.05) is 42.9 Å². The van der Waals surface area contributed by atoms with Gasteiger partial charge >= 0.3 is 0 Å². The van der Waals surface area contributed by atoms with E-state index >= 15 is 0 Å². The largest absolute Gasteiger partial charge is 0.310 e. The van der Waals surface area contributed by atoms with Crippen molar-refractivity contribution >= 4 is 38.5 Å². The molecule has 3 aliphatic rings. The Morgan fingerprint density at radius 3 is 1.55 bits per heavy atom. The topological polar surface area (TPSA) is 3.24 Å². The molecule has 266 valence electrons. The van der Waals surface area contributed by atoms with E-state index in [2.05, 4.69) is 198 Å². The molecule has 0 spiro atoms.